The molecule has 282 valence electrons. The molecule has 1 heteroatoms. The number of rotatable bonds is 3. The van der Waals surface area contributed by atoms with Gasteiger partial charge in [-0.25, -0.2) is 0 Å². The maximum Gasteiger partial charge on any atom is 0.0547 e. The van der Waals surface area contributed by atoms with Crippen LogP contribution in [0.5, 0.6) is 0 Å². The number of para-hydroxylation sites is 1. The van der Waals surface area contributed by atoms with Crippen LogP contribution in [0.3, 0.4) is 0 Å². The molecule has 1 nitrogen and oxygen atoms in total. The molecule has 61 heavy (non-hydrogen) atoms. The van der Waals surface area contributed by atoms with E-state index in [9.17, 15) is 0 Å². The Bertz CT molecular complexity index is 3690. The third-order valence-corrected chi connectivity index (χ3v) is 13.2. The van der Waals surface area contributed by atoms with Gasteiger partial charge in [-0.3, -0.25) is 0 Å². The molecule has 1 aromatic heterocycles. The highest BCUT2D eigenvalue weighted by Gasteiger charge is 2.24. The zero-order valence-corrected chi connectivity index (χ0v) is 33.3. The van der Waals surface area contributed by atoms with Crippen LogP contribution in [0.25, 0.3) is 127 Å². The lowest BCUT2D eigenvalue weighted by Gasteiger charge is -2.24. The van der Waals surface area contributed by atoms with Crippen LogP contribution in [0.4, 0.5) is 0 Å². The minimum Gasteiger partial charge on any atom is -0.309 e. The van der Waals surface area contributed by atoms with Crippen molar-refractivity contribution in [1.29, 1.82) is 0 Å². The Labute approximate surface area is 354 Å². The highest BCUT2D eigenvalue weighted by atomic mass is 15.0. The van der Waals surface area contributed by atoms with Crippen molar-refractivity contribution in [3.05, 3.63) is 224 Å². The molecule has 0 unspecified atom stereocenters. The lowest BCUT2D eigenvalue weighted by molar-refractivity contribution is 1.18. The number of hydrogen-bond acceptors (Lipinski definition) is 0. The van der Waals surface area contributed by atoms with E-state index in [2.05, 4.69) is 229 Å². The average molecular weight is 772 g/mol. The summed E-state index contributed by atoms with van der Waals surface area (Å²) >= 11 is 0. The van der Waals surface area contributed by atoms with Gasteiger partial charge in [0.2, 0.25) is 0 Å². The summed E-state index contributed by atoms with van der Waals surface area (Å²) in [7, 11) is 0. The number of benzene rings is 11. The van der Waals surface area contributed by atoms with E-state index >= 15 is 0 Å². The Morgan fingerprint density at radius 3 is 1.21 bits per heavy atom. The SMILES string of the molecule is c1ccc2c(c1)-c1ccccc1-c1ccc(-c3c4ccccc4c(-c4ccc(-n5c6ccccc6c6c7ccccc7ccc65)cc4)c4ccccc34)cc1-c1ccccc1-2. The van der Waals surface area contributed by atoms with Gasteiger partial charge >= 0.3 is 0 Å². The molecule has 1 heterocycles. The van der Waals surface area contributed by atoms with Crippen LogP contribution in [-0.2, 0) is 0 Å². The second kappa shape index (κ2) is 13.3. The highest BCUT2D eigenvalue weighted by Crippen LogP contribution is 2.50. The molecule has 0 radical (unpaired) electrons. The third kappa shape index (κ3) is 5.02. The Hall–Kier alpha value is -8.00. The van der Waals surface area contributed by atoms with Gasteiger partial charge in [0.25, 0.3) is 0 Å². The summed E-state index contributed by atoms with van der Waals surface area (Å²) < 4.78 is 2.43. The Morgan fingerprint density at radius 1 is 0.246 bits per heavy atom. The van der Waals surface area contributed by atoms with Crippen LogP contribution in [-0.4, -0.2) is 4.57 Å². The quantitative estimate of drug-likeness (QED) is 0.158. The molecule has 0 saturated heterocycles. The highest BCUT2D eigenvalue weighted by molar-refractivity contribution is 6.23. The summed E-state index contributed by atoms with van der Waals surface area (Å²) in [6.45, 7) is 0. The maximum atomic E-state index is 2.45. The standard InChI is InChI=1S/C60H37N/c1-2-16-42-38(15-1)32-36-57-60(42)54-27-13-14-28-56(54)61(57)41-33-29-39(30-34-41)58-50-23-9-11-25-52(50)59(53-26-12-10-24-51(53)58)40-31-35-49-47-21-6-5-19-45(47)43-17-3-4-18-44(43)46-20-7-8-22-48(46)55(49)37-40/h1-37H. The third-order valence-electron chi connectivity index (χ3n) is 13.2. The maximum absolute atomic E-state index is 2.45. The first-order chi connectivity index (χ1) is 30.3. The summed E-state index contributed by atoms with van der Waals surface area (Å²) in [5.41, 5.74) is 18.6. The molecule has 0 amide bonds. The molecule has 0 bridgehead atoms. The van der Waals surface area contributed by atoms with Gasteiger partial charge in [0.15, 0.2) is 0 Å². The fourth-order valence-electron chi connectivity index (χ4n) is 10.6. The van der Waals surface area contributed by atoms with Crippen molar-refractivity contribution in [2.24, 2.45) is 0 Å². The lowest BCUT2D eigenvalue weighted by Crippen LogP contribution is -1.98. The van der Waals surface area contributed by atoms with Gasteiger partial charge in [0, 0.05) is 16.5 Å². The molecule has 0 atom stereocenters. The normalized spacial score (nSPS) is 11.9. The molecule has 1 aliphatic carbocycles. The van der Waals surface area contributed by atoms with Gasteiger partial charge in [0.1, 0.15) is 0 Å². The fourth-order valence-corrected chi connectivity index (χ4v) is 10.6. The first-order valence-electron chi connectivity index (χ1n) is 21.2. The predicted octanol–water partition coefficient (Wildman–Crippen LogP) is 16.6. The van der Waals surface area contributed by atoms with Crippen LogP contribution >= 0.6 is 0 Å². The molecular formula is C60H37N. The molecule has 0 aliphatic heterocycles. The first-order valence-corrected chi connectivity index (χ1v) is 21.2. The van der Waals surface area contributed by atoms with Crippen molar-refractivity contribution in [3.8, 4) is 72.4 Å². The van der Waals surface area contributed by atoms with E-state index in [0.717, 1.165) is 5.69 Å². The zero-order chi connectivity index (χ0) is 40.0. The van der Waals surface area contributed by atoms with Crippen molar-refractivity contribution in [2.75, 3.05) is 0 Å². The smallest absolute Gasteiger partial charge is 0.0547 e. The molecule has 0 N–H and O–H groups in total. The first kappa shape index (κ1) is 33.9. The van der Waals surface area contributed by atoms with Crippen molar-refractivity contribution >= 4 is 54.1 Å². The molecule has 0 spiro atoms. The number of fused-ring (bicyclic) bond motifs is 15. The average Bonchev–Trinajstić information content (AvgIpc) is 3.68. The molecule has 13 rings (SSSR count). The van der Waals surface area contributed by atoms with E-state index in [0.29, 0.717) is 0 Å². The Kier molecular flexibility index (Phi) is 7.37. The van der Waals surface area contributed by atoms with E-state index in [1.807, 2.05) is 0 Å². The van der Waals surface area contributed by atoms with Crippen LogP contribution in [0, 0.1) is 0 Å². The Morgan fingerprint density at radius 2 is 0.656 bits per heavy atom. The van der Waals surface area contributed by atoms with Crippen LogP contribution in [0.15, 0.2) is 224 Å². The molecule has 11 aromatic carbocycles. The van der Waals surface area contributed by atoms with Crippen LogP contribution < -0.4 is 0 Å². The minimum atomic E-state index is 1.15. The summed E-state index contributed by atoms with van der Waals surface area (Å²) in [6.07, 6.45) is 0. The van der Waals surface area contributed by atoms with E-state index in [-0.39, 0.29) is 0 Å². The van der Waals surface area contributed by atoms with Gasteiger partial charge in [0.05, 0.1) is 11.0 Å². The number of hydrogen-bond donors (Lipinski definition) is 0. The van der Waals surface area contributed by atoms with Crippen LogP contribution in [0.1, 0.15) is 0 Å². The molecule has 1 aliphatic rings. The van der Waals surface area contributed by atoms with Crippen molar-refractivity contribution < 1.29 is 0 Å². The lowest BCUT2D eigenvalue weighted by atomic mass is 9.79. The zero-order valence-electron chi connectivity index (χ0n) is 33.3. The van der Waals surface area contributed by atoms with Crippen molar-refractivity contribution in [2.45, 2.75) is 0 Å². The minimum absolute atomic E-state index is 1.15. The molecule has 0 saturated carbocycles. The Balaban J connectivity index is 1.01. The largest absolute Gasteiger partial charge is 0.309 e. The van der Waals surface area contributed by atoms with Crippen molar-refractivity contribution in [3.63, 3.8) is 0 Å². The second-order valence-corrected chi connectivity index (χ2v) is 16.3. The molecular weight excluding hydrogens is 735 g/mol. The second-order valence-electron chi connectivity index (χ2n) is 16.3. The summed E-state index contributed by atoms with van der Waals surface area (Å²) in [6, 6.07) is 83.2. The van der Waals surface area contributed by atoms with Gasteiger partial charge in [-0.05, 0) is 129 Å². The van der Waals surface area contributed by atoms with Gasteiger partial charge in [-0.1, -0.05) is 194 Å². The van der Waals surface area contributed by atoms with Gasteiger partial charge in [-0.2, -0.15) is 0 Å². The topological polar surface area (TPSA) is 4.93 Å². The summed E-state index contributed by atoms with van der Waals surface area (Å²) in [4.78, 5) is 0. The number of nitrogens with zero attached hydrogens (tertiary/aromatic N) is 1. The van der Waals surface area contributed by atoms with E-state index in [1.54, 1.807) is 0 Å². The fraction of sp³-hybridized carbons (Fsp3) is 0. The predicted molar refractivity (Wildman–Crippen MR) is 259 cm³/mol. The van der Waals surface area contributed by atoms with Gasteiger partial charge < -0.3 is 4.57 Å². The van der Waals surface area contributed by atoms with Gasteiger partial charge in [-0.15, -0.1) is 0 Å². The molecule has 12 aromatic rings. The van der Waals surface area contributed by atoms with E-state index in [1.165, 1.54) is 121 Å². The number of aromatic nitrogens is 1. The summed E-state index contributed by atoms with van der Waals surface area (Å²) in [5, 5.41) is 10.1. The monoisotopic (exact) mass is 771 g/mol. The van der Waals surface area contributed by atoms with Crippen LogP contribution in [0.2, 0.25) is 0 Å². The van der Waals surface area contributed by atoms with E-state index in [4.69, 9.17) is 0 Å². The van der Waals surface area contributed by atoms with Crippen molar-refractivity contribution in [1.82, 2.24) is 4.57 Å². The van der Waals surface area contributed by atoms with E-state index < -0.39 is 0 Å². The summed E-state index contributed by atoms with van der Waals surface area (Å²) in [5.74, 6) is 0. The molecule has 0 fully saturated rings.